The van der Waals surface area contributed by atoms with Crippen molar-refractivity contribution in [2.24, 2.45) is 5.92 Å². The summed E-state index contributed by atoms with van der Waals surface area (Å²) in [5.74, 6) is 0.654. The number of hydrogen-bond acceptors (Lipinski definition) is 2. The quantitative estimate of drug-likeness (QED) is 0.840. The maximum absolute atomic E-state index is 5.90. The van der Waals surface area contributed by atoms with Gasteiger partial charge in [0, 0.05) is 23.2 Å². The minimum Gasteiger partial charge on any atom is -0.376 e. The van der Waals surface area contributed by atoms with Crippen molar-refractivity contribution < 1.29 is 4.74 Å². The molecule has 3 heterocycles. The first-order valence-electron chi connectivity index (χ1n) is 8.11. The molecule has 2 atom stereocenters. The molecular weight excluding hydrogens is 260 g/mol. The van der Waals surface area contributed by atoms with E-state index in [1.807, 2.05) is 0 Å². The molecule has 0 saturated carbocycles. The SMILES string of the molecule is CC1(C)C[C@@H]([C@H]2NCCc3c2[nH]c2ccccc32)CCO1. The highest BCUT2D eigenvalue weighted by atomic mass is 16.5. The highest BCUT2D eigenvalue weighted by Gasteiger charge is 2.36. The fourth-order valence-electron chi connectivity index (χ4n) is 4.18. The number of aromatic nitrogens is 1. The monoisotopic (exact) mass is 284 g/mol. The van der Waals surface area contributed by atoms with Crippen LogP contribution >= 0.6 is 0 Å². The standard InChI is InChI=1S/C18H24N2O/c1-18(2)11-12(8-10-21-18)16-17-14(7-9-19-16)13-5-3-4-6-15(13)20-17/h3-6,12,16,19-20H,7-11H2,1-2H3/t12-,16+/m0/s1. The van der Waals surface area contributed by atoms with Crippen LogP contribution in [0.25, 0.3) is 10.9 Å². The van der Waals surface area contributed by atoms with Crippen LogP contribution in [0.4, 0.5) is 0 Å². The number of benzene rings is 1. The van der Waals surface area contributed by atoms with Gasteiger partial charge in [-0.2, -0.15) is 0 Å². The average Bonchev–Trinajstić information content (AvgIpc) is 2.84. The van der Waals surface area contributed by atoms with Gasteiger partial charge in [-0.3, -0.25) is 0 Å². The van der Waals surface area contributed by atoms with Crippen molar-refractivity contribution >= 4 is 10.9 Å². The van der Waals surface area contributed by atoms with Gasteiger partial charge in [-0.25, -0.2) is 0 Å². The van der Waals surface area contributed by atoms with Gasteiger partial charge >= 0.3 is 0 Å². The molecule has 3 nitrogen and oxygen atoms in total. The molecule has 2 N–H and O–H groups in total. The van der Waals surface area contributed by atoms with Crippen molar-refractivity contribution in [2.45, 2.75) is 44.8 Å². The van der Waals surface area contributed by atoms with Crippen molar-refractivity contribution in [3.05, 3.63) is 35.5 Å². The lowest BCUT2D eigenvalue weighted by Crippen LogP contribution is -2.42. The second kappa shape index (κ2) is 4.85. The molecule has 1 fully saturated rings. The normalized spacial score (nSPS) is 28.5. The molecule has 0 unspecified atom stereocenters. The summed E-state index contributed by atoms with van der Waals surface area (Å²) in [5.41, 5.74) is 4.24. The van der Waals surface area contributed by atoms with Crippen LogP contribution in [0.3, 0.4) is 0 Å². The molecule has 112 valence electrons. The van der Waals surface area contributed by atoms with Crippen molar-refractivity contribution in [1.82, 2.24) is 10.3 Å². The van der Waals surface area contributed by atoms with E-state index in [0.717, 1.165) is 32.4 Å². The molecule has 3 heteroatoms. The van der Waals surface area contributed by atoms with Gasteiger partial charge in [0.15, 0.2) is 0 Å². The summed E-state index contributed by atoms with van der Waals surface area (Å²) in [5, 5.41) is 5.16. The van der Waals surface area contributed by atoms with E-state index in [4.69, 9.17) is 4.74 Å². The van der Waals surface area contributed by atoms with Crippen molar-refractivity contribution in [1.29, 1.82) is 0 Å². The van der Waals surface area contributed by atoms with E-state index in [9.17, 15) is 0 Å². The van der Waals surface area contributed by atoms with Gasteiger partial charge in [0.25, 0.3) is 0 Å². The highest BCUT2D eigenvalue weighted by molar-refractivity contribution is 5.85. The Balaban J connectivity index is 1.73. The second-order valence-corrected chi connectivity index (χ2v) is 7.11. The first kappa shape index (κ1) is 13.4. The number of nitrogens with one attached hydrogen (secondary N) is 2. The molecule has 4 rings (SSSR count). The van der Waals surface area contributed by atoms with Crippen molar-refractivity contribution in [3.63, 3.8) is 0 Å². The number of fused-ring (bicyclic) bond motifs is 3. The number of hydrogen-bond donors (Lipinski definition) is 2. The molecule has 0 amide bonds. The van der Waals surface area contributed by atoms with Crippen LogP contribution in [0.2, 0.25) is 0 Å². The third-order valence-corrected chi connectivity index (χ3v) is 5.10. The second-order valence-electron chi connectivity index (χ2n) is 7.11. The van der Waals surface area contributed by atoms with Gasteiger partial charge in [-0.1, -0.05) is 18.2 Å². The maximum atomic E-state index is 5.90. The van der Waals surface area contributed by atoms with E-state index in [2.05, 4.69) is 48.4 Å². The Bertz CT molecular complexity index is 658. The van der Waals surface area contributed by atoms with Crippen LogP contribution < -0.4 is 5.32 Å². The van der Waals surface area contributed by atoms with E-state index in [1.54, 1.807) is 0 Å². The molecule has 1 aromatic carbocycles. The van der Waals surface area contributed by atoms with Crippen LogP contribution in [0.1, 0.15) is 44.0 Å². The zero-order chi connectivity index (χ0) is 14.4. The number of rotatable bonds is 1. The first-order chi connectivity index (χ1) is 10.1. The molecule has 2 aromatic rings. The van der Waals surface area contributed by atoms with Crippen LogP contribution in [0.15, 0.2) is 24.3 Å². The van der Waals surface area contributed by atoms with Gasteiger partial charge in [-0.15, -0.1) is 0 Å². The Labute approximate surface area is 126 Å². The Kier molecular flexibility index (Phi) is 3.09. The van der Waals surface area contributed by atoms with Gasteiger partial charge in [0.1, 0.15) is 0 Å². The molecule has 1 aromatic heterocycles. The minimum atomic E-state index is 0.00816. The number of para-hydroxylation sites is 1. The Morgan fingerprint density at radius 2 is 2.10 bits per heavy atom. The van der Waals surface area contributed by atoms with Gasteiger partial charge in [-0.05, 0) is 57.2 Å². The Morgan fingerprint density at radius 3 is 2.95 bits per heavy atom. The Morgan fingerprint density at radius 1 is 1.24 bits per heavy atom. The minimum absolute atomic E-state index is 0.00816. The molecule has 0 radical (unpaired) electrons. The van der Waals surface area contributed by atoms with E-state index < -0.39 is 0 Å². The van der Waals surface area contributed by atoms with E-state index in [1.165, 1.54) is 22.2 Å². The van der Waals surface area contributed by atoms with Crippen LogP contribution in [-0.2, 0) is 11.2 Å². The summed E-state index contributed by atoms with van der Waals surface area (Å²) in [7, 11) is 0. The highest BCUT2D eigenvalue weighted by Crippen LogP contribution is 2.40. The zero-order valence-electron chi connectivity index (χ0n) is 12.9. The molecule has 0 bridgehead atoms. The van der Waals surface area contributed by atoms with Gasteiger partial charge in [0.2, 0.25) is 0 Å². The summed E-state index contributed by atoms with van der Waals surface area (Å²) in [6, 6.07) is 9.15. The van der Waals surface area contributed by atoms with E-state index in [0.29, 0.717) is 12.0 Å². The average molecular weight is 284 g/mol. The number of aromatic amines is 1. The number of ether oxygens (including phenoxy) is 1. The fourth-order valence-corrected chi connectivity index (χ4v) is 4.18. The van der Waals surface area contributed by atoms with E-state index >= 15 is 0 Å². The third kappa shape index (κ3) is 2.29. The van der Waals surface area contributed by atoms with Crippen molar-refractivity contribution in [3.8, 4) is 0 Å². The maximum Gasteiger partial charge on any atom is 0.0629 e. The molecule has 0 aliphatic carbocycles. The predicted octanol–water partition coefficient (Wildman–Crippen LogP) is 3.56. The third-order valence-electron chi connectivity index (χ3n) is 5.10. The van der Waals surface area contributed by atoms with Gasteiger partial charge < -0.3 is 15.0 Å². The summed E-state index contributed by atoms with van der Waals surface area (Å²) in [4.78, 5) is 3.69. The molecular formula is C18H24N2O. The number of H-pyrrole nitrogens is 1. The lowest BCUT2D eigenvalue weighted by atomic mass is 9.80. The lowest BCUT2D eigenvalue weighted by Gasteiger charge is -2.40. The van der Waals surface area contributed by atoms with Gasteiger partial charge in [0.05, 0.1) is 11.6 Å². The first-order valence-corrected chi connectivity index (χ1v) is 8.11. The molecule has 2 aliphatic heterocycles. The largest absolute Gasteiger partial charge is 0.376 e. The molecule has 2 aliphatic rings. The lowest BCUT2D eigenvalue weighted by molar-refractivity contribution is -0.0791. The summed E-state index contributed by atoms with van der Waals surface area (Å²) >= 11 is 0. The Hall–Kier alpha value is -1.32. The molecule has 21 heavy (non-hydrogen) atoms. The molecule has 1 saturated heterocycles. The predicted molar refractivity (Wildman–Crippen MR) is 85.5 cm³/mol. The van der Waals surface area contributed by atoms with Crippen LogP contribution in [-0.4, -0.2) is 23.7 Å². The van der Waals surface area contributed by atoms with Crippen LogP contribution in [0.5, 0.6) is 0 Å². The summed E-state index contributed by atoms with van der Waals surface area (Å²) in [6.07, 6.45) is 3.40. The summed E-state index contributed by atoms with van der Waals surface area (Å²) in [6.45, 7) is 6.39. The van der Waals surface area contributed by atoms with E-state index in [-0.39, 0.29) is 5.60 Å². The zero-order valence-corrected chi connectivity index (χ0v) is 12.9. The smallest absolute Gasteiger partial charge is 0.0629 e. The topological polar surface area (TPSA) is 37.0 Å². The summed E-state index contributed by atoms with van der Waals surface area (Å²) < 4.78 is 5.90. The fraction of sp³-hybridized carbons (Fsp3) is 0.556. The molecule has 0 spiro atoms. The van der Waals surface area contributed by atoms with Crippen molar-refractivity contribution in [2.75, 3.05) is 13.2 Å². The van der Waals surface area contributed by atoms with Crippen LogP contribution in [0, 0.1) is 5.92 Å².